The zero-order valence-electron chi connectivity index (χ0n) is 13.0. The molecule has 0 aromatic rings. The summed E-state index contributed by atoms with van der Waals surface area (Å²) in [5.74, 6) is 0.866. The van der Waals surface area contributed by atoms with Crippen LogP contribution in [0.25, 0.3) is 0 Å². The Morgan fingerprint density at radius 3 is 1.94 bits per heavy atom. The van der Waals surface area contributed by atoms with Gasteiger partial charge < -0.3 is 9.38 Å². The molecule has 0 aliphatic heterocycles. The second kappa shape index (κ2) is 3.48. The van der Waals surface area contributed by atoms with E-state index < -0.39 is 0 Å². The Bertz CT molecular complexity index is 313. The maximum Gasteiger partial charge on any atom is 0.110 e. The predicted molar refractivity (Wildman–Crippen MR) is 73.9 cm³/mol. The third-order valence-corrected chi connectivity index (χ3v) is 6.19. The van der Waals surface area contributed by atoms with Gasteiger partial charge in [-0.1, -0.05) is 20.8 Å². The van der Waals surface area contributed by atoms with Crippen molar-refractivity contribution in [2.75, 3.05) is 35.2 Å². The minimum Gasteiger partial charge on any atom is -0.327 e. The molecule has 4 atom stereocenters. The van der Waals surface area contributed by atoms with Crippen LogP contribution in [0.3, 0.4) is 0 Å². The van der Waals surface area contributed by atoms with Crippen LogP contribution < -0.4 is 0 Å². The van der Waals surface area contributed by atoms with E-state index in [4.69, 9.17) is 0 Å². The van der Waals surface area contributed by atoms with E-state index in [0.717, 1.165) is 22.5 Å². The Hall–Kier alpha value is -0.0800. The monoisotopic (exact) mass is 239 g/mol. The van der Waals surface area contributed by atoms with Crippen molar-refractivity contribution in [3.63, 3.8) is 0 Å². The fourth-order valence-electron chi connectivity index (χ4n) is 5.24. The maximum absolute atomic E-state index is 2.55. The molecule has 0 N–H and O–H groups in total. The van der Waals surface area contributed by atoms with E-state index >= 15 is 0 Å². The zero-order valence-corrected chi connectivity index (χ0v) is 13.0. The van der Waals surface area contributed by atoms with Crippen molar-refractivity contribution in [2.45, 2.75) is 45.7 Å². The van der Waals surface area contributed by atoms with Crippen molar-refractivity contribution < 1.29 is 4.48 Å². The highest BCUT2D eigenvalue weighted by Gasteiger charge is 2.70. The predicted octanol–water partition coefficient (Wildman–Crippen LogP) is 2.45. The molecule has 4 unspecified atom stereocenters. The summed E-state index contributed by atoms with van der Waals surface area (Å²) in [5.41, 5.74) is 0.975. The summed E-state index contributed by atoms with van der Waals surface area (Å²) in [4.78, 5) is 2.49. The second-order valence-electron chi connectivity index (χ2n) is 8.30. The van der Waals surface area contributed by atoms with Crippen molar-refractivity contribution in [1.82, 2.24) is 4.90 Å². The van der Waals surface area contributed by atoms with Crippen molar-refractivity contribution in [3.8, 4) is 0 Å². The summed E-state index contributed by atoms with van der Waals surface area (Å²) in [7, 11) is 11.7. The van der Waals surface area contributed by atoms with Gasteiger partial charge in [0.15, 0.2) is 0 Å². The van der Waals surface area contributed by atoms with Crippen LogP contribution in [0.2, 0.25) is 0 Å². The summed E-state index contributed by atoms with van der Waals surface area (Å²) in [6.45, 7) is 7.57. The molecule has 17 heavy (non-hydrogen) atoms. The number of likely N-dealkylation sites (N-methyl/N-ethyl adjacent to an activating group) is 2. The van der Waals surface area contributed by atoms with Gasteiger partial charge in [0.2, 0.25) is 0 Å². The van der Waals surface area contributed by atoms with Crippen LogP contribution in [-0.2, 0) is 0 Å². The lowest BCUT2D eigenvalue weighted by Crippen LogP contribution is -2.61. The smallest absolute Gasteiger partial charge is 0.110 e. The molecular formula is C15H31N2+. The SMILES string of the molecule is CN(C)C1C2CCC(C)(C1[N+](C)(C)C)C2(C)C. The molecule has 2 saturated carbocycles. The van der Waals surface area contributed by atoms with E-state index in [1.54, 1.807) is 0 Å². The molecule has 0 aromatic carbocycles. The molecule has 2 heteroatoms. The van der Waals surface area contributed by atoms with Gasteiger partial charge >= 0.3 is 0 Å². The first-order valence-corrected chi connectivity index (χ1v) is 7.01. The minimum absolute atomic E-state index is 0.484. The fraction of sp³-hybridized carbons (Fsp3) is 1.00. The van der Waals surface area contributed by atoms with E-state index in [-0.39, 0.29) is 0 Å². The first kappa shape index (κ1) is 13.4. The maximum atomic E-state index is 2.55. The van der Waals surface area contributed by atoms with Gasteiger partial charge in [0.05, 0.1) is 27.2 Å². The topological polar surface area (TPSA) is 3.24 Å². The Labute approximate surface area is 108 Å². The Kier molecular flexibility index (Phi) is 2.73. The lowest BCUT2D eigenvalue weighted by atomic mass is 9.68. The normalized spacial score (nSPS) is 44.6. The van der Waals surface area contributed by atoms with Gasteiger partial charge in [0.25, 0.3) is 0 Å². The standard InChI is InChI=1S/C15H31N2/c1-14(2)11-9-10-15(14,3)13(17(6,7)8)12(11)16(4)5/h11-13H,9-10H2,1-8H3/q+1. The van der Waals surface area contributed by atoms with E-state index in [1.165, 1.54) is 12.8 Å². The molecule has 0 amide bonds. The van der Waals surface area contributed by atoms with Gasteiger partial charge in [0.1, 0.15) is 6.04 Å². The van der Waals surface area contributed by atoms with Crippen molar-refractivity contribution in [2.24, 2.45) is 16.7 Å². The van der Waals surface area contributed by atoms with Crippen LogP contribution in [0, 0.1) is 16.7 Å². The summed E-state index contributed by atoms with van der Waals surface area (Å²) in [5, 5.41) is 0. The van der Waals surface area contributed by atoms with E-state index in [0.29, 0.717) is 10.8 Å². The Balaban J connectivity index is 2.50. The summed E-state index contributed by atoms with van der Waals surface area (Å²) in [6, 6.07) is 1.50. The Morgan fingerprint density at radius 1 is 1.06 bits per heavy atom. The van der Waals surface area contributed by atoms with Gasteiger partial charge in [0, 0.05) is 5.41 Å². The van der Waals surface area contributed by atoms with Crippen LogP contribution in [0.1, 0.15) is 33.6 Å². The van der Waals surface area contributed by atoms with Crippen molar-refractivity contribution in [1.29, 1.82) is 0 Å². The van der Waals surface area contributed by atoms with Gasteiger partial charge in [-0.2, -0.15) is 0 Å². The minimum atomic E-state index is 0.484. The quantitative estimate of drug-likeness (QED) is 0.669. The summed E-state index contributed by atoms with van der Waals surface area (Å²) < 4.78 is 1.10. The molecule has 0 saturated heterocycles. The van der Waals surface area contributed by atoms with E-state index in [9.17, 15) is 0 Å². The summed E-state index contributed by atoms with van der Waals surface area (Å²) in [6.07, 6.45) is 2.83. The fourth-order valence-corrected chi connectivity index (χ4v) is 5.24. The molecule has 2 aliphatic carbocycles. The third-order valence-electron chi connectivity index (χ3n) is 6.19. The average Bonchev–Trinajstić information content (AvgIpc) is 2.44. The molecule has 2 bridgehead atoms. The number of quaternary nitrogens is 1. The lowest BCUT2D eigenvalue weighted by molar-refractivity contribution is -0.905. The second-order valence-corrected chi connectivity index (χ2v) is 8.30. The number of hydrogen-bond acceptors (Lipinski definition) is 1. The first-order chi connectivity index (χ1) is 7.53. The lowest BCUT2D eigenvalue weighted by Gasteiger charge is -2.48. The molecule has 0 radical (unpaired) electrons. The Morgan fingerprint density at radius 2 is 1.59 bits per heavy atom. The molecule has 0 heterocycles. The first-order valence-electron chi connectivity index (χ1n) is 7.01. The zero-order chi connectivity index (χ0) is 13.2. The van der Waals surface area contributed by atoms with Crippen molar-refractivity contribution >= 4 is 0 Å². The van der Waals surface area contributed by atoms with E-state index in [1.807, 2.05) is 0 Å². The largest absolute Gasteiger partial charge is 0.327 e. The van der Waals surface area contributed by atoms with Gasteiger partial charge in [-0.15, -0.1) is 0 Å². The number of fused-ring (bicyclic) bond motifs is 2. The molecule has 2 rings (SSSR count). The van der Waals surface area contributed by atoms with Crippen LogP contribution in [-0.4, -0.2) is 56.7 Å². The van der Waals surface area contributed by atoms with Gasteiger partial charge in [-0.25, -0.2) is 0 Å². The number of hydrogen-bond donors (Lipinski definition) is 0. The van der Waals surface area contributed by atoms with Gasteiger partial charge in [-0.05, 0) is 38.3 Å². The van der Waals surface area contributed by atoms with E-state index in [2.05, 4.69) is 60.9 Å². The highest BCUT2D eigenvalue weighted by atomic mass is 15.4. The number of nitrogens with zero attached hydrogens (tertiary/aromatic N) is 2. The molecule has 100 valence electrons. The summed E-state index contributed by atoms with van der Waals surface area (Å²) >= 11 is 0. The van der Waals surface area contributed by atoms with Crippen LogP contribution in [0.4, 0.5) is 0 Å². The number of rotatable bonds is 2. The third kappa shape index (κ3) is 1.53. The highest BCUT2D eigenvalue weighted by Crippen LogP contribution is 2.67. The molecule has 2 fully saturated rings. The molecule has 2 aliphatic rings. The molecule has 0 spiro atoms. The highest BCUT2D eigenvalue weighted by molar-refractivity contribution is 5.17. The van der Waals surface area contributed by atoms with Crippen molar-refractivity contribution in [3.05, 3.63) is 0 Å². The average molecular weight is 239 g/mol. The van der Waals surface area contributed by atoms with Crippen LogP contribution >= 0.6 is 0 Å². The van der Waals surface area contributed by atoms with Gasteiger partial charge in [-0.3, -0.25) is 0 Å². The molecular weight excluding hydrogens is 208 g/mol. The van der Waals surface area contributed by atoms with Crippen LogP contribution in [0.5, 0.6) is 0 Å². The molecule has 0 aromatic heterocycles. The molecule has 2 nitrogen and oxygen atoms in total. The van der Waals surface area contributed by atoms with Crippen LogP contribution in [0.15, 0.2) is 0 Å².